The van der Waals surface area contributed by atoms with Gasteiger partial charge in [-0.2, -0.15) is 0 Å². The van der Waals surface area contributed by atoms with Crippen LogP contribution in [-0.2, 0) is 19.1 Å². The first kappa shape index (κ1) is 21.2. The van der Waals surface area contributed by atoms with Crippen LogP contribution in [0.25, 0.3) is 11.1 Å². The summed E-state index contributed by atoms with van der Waals surface area (Å²) >= 11 is 0. The van der Waals surface area contributed by atoms with Crippen molar-refractivity contribution in [2.45, 2.75) is 24.3 Å². The topological polar surface area (TPSA) is 105 Å². The molecule has 2 N–H and O–H groups in total. The zero-order valence-corrected chi connectivity index (χ0v) is 18.7. The number of amides is 2. The van der Waals surface area contributed by atoms with Gasteiger partial charge in [0.15, 0.2) is 0 Å². The fourth-order valence-electron chi connectivity index (χ4n) is 5.99. The van der Waals surface area contributed by atoms with E-state index in [9.17, 15) is 19.5 Å². The number of carbonyl (C=O) groups excluding carboxylic acids is 2. The molecule has 6 rings (SSSR count). The molecule has 3 unspecified atom stereocenters. The summed E-state index contributed by atoms with van der Waals surface area (Å²) in [5, 5.41) is 12.3. The smallest absolute Gasteiger partial charge is 0.408 e. The van der Waals surface area contributed by atoms with Gasteiger partial charge >= 0.3 is 12.1 Å². The number of fused-ring (bicyclic) bond motifs is 4. The van der Waals surface area contributed by atoms with Gasteiger partial charge in [0.05, 0.1) is 12.0 Å². The molecule has 3 fully saturated rings. The molecule has 1 saturated carbocycles. The van der Waals surface area contributed by atoms with Gasteiger partial charge < -0.3 is 24.8 Å². The molecular weight excluding hydrogens is 436 g/mol. The van der Waals surface area contributed by atoms with Crippen molar-refractivity contribution >= 4 is 18.0 Å². The maximum absolute atomic E-state index is 13.4. The number of carboxylic acids is 1. The van der Waals surface area contributed by atoms with Crippen molar-refractivity contribution in [3.8, 4) is 11.1 Å². The molecule has 176 valence electrons. The molecule has 2 aliphatic carbocycles. The molecule has 8 heteroatoms. The van der Waals surface area contributed by atoms with E-state index in [4.69, 9.17) is 9.47 Å². The fraction of sp³-hybridized carbons (Fsp3) is 0.423. The molecule has 34 heavy (non-hydrogen) atoms. The molecule has 2 aliphatic heterocycles. The predicted molar refractivity (Wildman–Crippen MR) is 121 cm³/mol. The number of hydrogen-bond acceptors (Lipinski definition) is 5. The minimum Gasteiger partial charge on any atom is -0.481 e. The Morgan fingerprint density at radius 1 is 1.09 bits per heavy atom. The molecule has 2 aromatic carbocycles. The van der Waals surface area contributed by atoms with Gasteiger partial charge in [-0.1, -0.05) is 48.5 Å². The highest BCUT2D eigenvalue weighted by molar-refractivity contribution is 5.92. The molecule has 2 aromatic rings. The van der Waals surface area contributed by atoms with Crippen LogP contribution in [0.1, 0.15) is 29.9 Å². The lowest BCUT2D eigenvalue weighted by atomic mass is 9.96. The van der Waals surface area contributed by atoms with Crippen molar-refractivity contribution in [1.29, 1.82) is 0 Å². The average Bonchev–Trinajstić information content (AvgIpc) is 3.17. The summed E-state index contributed by atoms with van der Waals surface area (Å²) in [6.45, 7) is 1.13. The molecule has 2 amide bonds. The quantitative estimate of drug-likeness (QED) is 0.708. The van der Waals surface area contributed by atoms with E-state index < -0.39 is 23.0 Å². The normalized spacial score (nSPS) is 28.7. The number of alkyl carbamates (subject to hydrolysis) is 1. The van der Waals surface area contributed by atoms with E-state index in [1.54, 1.807) is 4.90 Å². The average molecular weight is 463 g/mol. The Labute approximate surface area is 196 Å². The summed E-state index contributed by atoms with van der Waals surface area (Å²) < 4.78 is 11.1. The van der Waals surface area contributed by atoms with Gasteiger partial charge in [-0.25, -0.2) is 4.79 Å². The Hall–Kier alpha value is -3.39. The Bertz CT molecular complexity index is 1140. The highest BCUT2D eigenvalue weighted by Crippen LogP contribution is 2.58. The molecule has 2 heterocycles. The standard InChI is InChI=1S/C26H26N2O6/c29-22(28-12-16-11-25(16,14-28)23(30)31)26(9-10-33-15-26)27-24(32)34-13-21-19-7-3-1-5-17(19)18-6-2-4-8-20(18)21/h1-8,16,21H,9-15H2,(H,27,32)(H,30,31). The predicted octanol–water partition coefficient (Wildman–Crippen LogP) is 2.62. The summed E-state index contributed by atoms with van der Waals surface area (Å²) in [6, 6.07) is 16.2. The van der Waals surface area contributed by atoms with E-state index >= 15 is 0 Å². The Balaban J connectivity index is 1.15. The number of piperidine rings is 1. The Morgan fingerprint density at radius 3 is 2.35 bits per heavy atom. The van der Waals surface area contributed by atoms with Gasteiger partial charge in [0, 0.05) is 32.0 Å². The van der Waals surface area contributed by atoms with Crippen LogP contribution in [0.3, 0.4) is 0 Å². The number of aliphatic carboxylic acids is 1. The number of nitrogens with zero attached hydrogens (tertiary/aromatic N) is 1. The van der Waals surface area contributed by atoms with Crippen LogP contribution in [0.2, 0.25) is 0 Å². The van der Waals surface area contributed by atoms with Crippen molar-refractivity contribution in [2.75, 3.05) is 32.9 Å². The van der Waals surface area contributed by atoms with Crippen molar-refractivity contribution in [1.82, 2.24) is 10.2 Å². The van der Waals surface area contributed by atoms with Crippen LogP contribution in [0.5, 0.6) is 0 Å². The van der Waals surface area contributed by atoms with Gasteiger partial charge in [0.25, 0.3) is 5.91 Å². The van der Waals surface area contributed by atoms with E-state index in [1.165, 1.54) is 0 Å². The summed E-state index contributed by atoms with van der Waals surface area (Å²) in [7, 11) is 0. The van der Waals surface area contributed by atoms with Crippen molar-refractivity contribution in [3.63, 3.8) is 0 Å². The zero-order chi connectivity index (χ0) is 23.5. The fourth-order valence-corrected chi connectivity index (χ4v) is 5.99. The lowest BCUT2D eigenvalue weighted by molar-refractivity contribution is -0.144. The maximum Gasteiger partial charge on any atom is 0.408 e. The molecule has 4 aliphatic rings. The Kier molecular flexibility index (Phi) is 4.71. The monoisotopic (exact) mass is 462 g/mol. The molecule has 0 bridgehead atoms. The van der Waals surface area contributed by atoms with Gasteiger partial charge in [0.2, 0.25) is 0 Å². The third kappa shape index (κ3) is 3.12. The molecule has 0 radical (unpaired) electrons. The number of rotatable bonds is 5. The number of benzene rings is 2. The van der Waals surface area contributed by atoms with Crippen molar-refractivity contribution in [3.05, 3.63) is 59.7 Å². The largest absolute Gasteiger partial charge is 0.481 e. The van der Waals surface area contributed by atoms with E-state index in [-0.39, 0.29) is 37.5 Å². The molecule has 8 nitrogen and oxygen atoms in total. The van der Waals surface area contributed by atoms with Gasteiger partial charge in [-0.3, -0.25) is 9.59 Å². The Morgan fingerprint density at radius 2 is 1.76 bits per heavy atom. The van der Waals surface area contributed by atoms with Gasteiger partial charge in [-0.05, 0) is 34.6 Å². The zero-order valence-electron chi connectivity index (χ0n) is 18.7. The summed E-state index contributed by atoms with van der Waals surface area (Å²) in [6.07, 6.45) is 0.269. The molecule has 0 spiro atoms. The summed E-state index contributed by atoms with van der Waals surface area (Å²) in [5.41, 5.74) is 2.47. The van der Waals surface area contributed by atoms with E-state index in [2.05, 4.69) is 17.4 Å². The van der Waals surface area contributed by atoms with Crippen LogP contribution < -0.4 is 5.32 Å². The van der Waals surface area contributed by atoms with E-state index in [1.807, 2.05) is 36.4 Å². The highest BCUT2D eigenvalue weighted by atomic mass is 16.6. The van der Waals surface area contributed by atoms with Crippen LogP contribution in [-0.4, -0.2) is 66.4 Å². The van der Waals surface area contributed by atoms with Crippen LogP contribution in [0.15, 0.2) is 48.5 Å². The lowest BCUT2D eigenvalue weighted by Crippen LogP contribution is -2.60. The first-order valence-corrected chi connectivity index (χ1v) is 11.7. The van der Waals surface area contributed by atoms with Gasteiger partial charge in [0.1, 0.15) is 12.1 Å². The second-order valence-corrected chi connectivity index (χ2v) is 9.88. The number of ether oxygens (including phenoxy) is 2. The second kappa shape index (κ2) is 7.56. The number of carbonyl (C=O) groups is 3. The number of hydrogen-bond donors (Lipinski definition) is 2. The number of nitrogens with one attached hydrogen (secondary N) is 1. The third-order valence-electron chi connectivity index (χ3n) is 7.97. The summed E-state index contributed by atoms with van der Waals surface area (Å²) in [4.78, 5) is 39.5. The number of likely N-dealkylation sites (tertiary alicyclic amines) is 1. The van der Waals surface area contributed by atoms with Crippen molar-refractivity contribution in [2.24, 2.45) is 11.3 Å². The number of carboxylic acid groups (broad SMARTS) is 1. The van der Waals surface area contributed by atoms with Crippen LogP contribution >= 0.6 is 0 Å². The molecule has 2 saturated heterocycles. The molecule has 0 aromatic heterocycles. The lowest BCUT2D eigenvalue weighted by Gasteiger charge is -2.32. The van der Waals surface area contributed by atoms with Gasteiger partial charge in [-0.15, -0.1) is 0 Å². The van der Waals surface area contributed by atoms with E-state index in [0.717, 1.165) is 22.3 Å². The second-order valence-electron chi connectivity index (χ2n) is 9.88. The van der Waals surface area contributed by atoms with Crippen LogP contribution in [0.4, 0.5) is 4.79 Å². The van der Waals surface area contributed by atoms with E-state index in [0.29, 0.717) is 26.0 Å². The van der Waals surface area contributed by atoms with Crippen LogP contribution in [0, 0.1) is 11.3 Å². The first-order chi connectivity index (χ1) is 16.4. The molecular formula is C26H26N2O6. The maximum atomic E-state index is 13.4. The SMILES string of the molecule is O=C(NC1(C(=O)N2CC3CC3(C(=O)O)C2)CCOC1)OCC1c2ccccc2-c2ccccc21. The molecule has 3 atom stereocenters. The van der Waals surface area contributed by atoms with Crippen molar-refractivity contribution < 1.29 is 29.0 Å². The highest BCUT2D eigenvalue weighted by Gasteiger charge is 2.67. The third-order valence-corrected chi connectivity index (χ3v) is 7.97. The summed E-state index contributed by atoms with van der Waals surface area (Å²) in [5.74, 6) is -1.23. The minimum atomic E-state index is -1.22. The first-order valence-electron chi connectivity index (χ1n) is 11.7. The minimum absolute atomic E-state index is 0.0113.